The van der Waals surface area contributed by atoms with Crippen molar-refractivity contribution in [3.63, 3.8) is 0 Å². The van der Waals surface area contributed by atoms with E-state index in [1.807, 2.05) is 182 Å². The minimum Gasteiger partial charge on any atom is -0.369 e. The van der Waals surface area contributed by atoms with Crippen LogP contribution < -0.4 is 22.6 Å². The van der Waals surface area contributed by atoms with Gasteiger partial charge in [0.2, 0.25) is 11.9 Å². The maximum absolute atomic E-state index is 13.8. The number of nitrogens with zero attached hydrogens (tertiary/aromatic N) is 10. The van der Waals surface area contributed by atoms with Crippen molar-refractivity contribution in [2.75, 3.05) is 24.6 Å². The second-order valence-corrected chi connectivity index (χ2v) is 18.8. The van der Waals surface area contributed by atoms with Gasteiger partial charge < -0.3 is 20.5 Å². The Morgan fingerprint density at radius 3 is 1.26 bits per heavy atom. The molecule has 6 heterocycles. The van der Waals surface area contributed by atoms with Gasteiger partial charge in [0.05, 0.1) is 42.4 Å². The summed E-state index contributed by atoms with van der Waals surface area (Å²) in [5.74, 6) is 2.79. The van der Waals surface area contributed by atoms with Crippen LogP contribution >= 0.6 is 23.4 Å². The number of alkyl halides is 1. The second-order valence-electron chi connectivity index (χ2n) is 18.0. The summed E-state index contributed by atoms with van der Waals surface area (Å²) in [6, 6.07) is 58.2. The fourth-order valence-electron chi connectivity index (χ4n) is 9.44. The molecule has 0 saturated heterocycles. The first-order valence-electron chi connectivity index (χ1n) is 24.7. The van der Waals surface area contributed by atoms with E-state index in [1.165, 1.54) is 0 Å². The molecule has 0 radical (unpaired) electrons. The van der Waals surface area contributed by atoms with Gasteiger partial charge in [0.25, 0.3) is 22.9 Å². The van der Waals surface area contributed by atoms with Crippen molar-refractivity contribution < 1.29 is 9.05 Å². The van der Waals surface area contributed by atoms with E-state index < -0.39 is 0 Å². The van der Waals surface area contributed by atoms with Crippen molar-refractivity contribution in [1.82, 2.24) is 48.7 Å². The molecule has 0 saturated carbocycles. The smallest absolute Gasteiger partial charge is 0.259 e. The van der Waals surface area contributed by atoms with Gasteiger partial charge in [-0.05, 0) is 71.1 Å². The minimum absolute atomic E-state index is 0.0880. The van der Waals surface area contributed by atoms with Gasteiger partial charge in [-0.25, -0.2) is 14.4 Å². The molecule has 16 nitrogen and oxygen atoms in total. The molecule has 0 atom stereocenters. The zero-order valence-electron chi connectivity index (χ0n) is 41.1. The number of anilines is 2. The summed E-state index contributed by atoms with van der Waals surface area (Å²) in [5.41, 5.74) is 21.1. The predicted molar refractivity (Wildman–Crippen MR) is 293 cm³/mol. The Kier molecular flexibility index (Phi) is 15.9. The second kappa shape index (κ2) is 23.8. The molecule has 6 aromatic carbocycles. The molecule has 0 bridgehead atoms. The van der Waals surface area contributed by atoms with E-state index >= 15 is 0 Å². The number of fused-ring (bicyclic) bond motifs is 2. The molecule has 2 aliphatic heterocycles. The number of nitrogen functional groups attached to an aromatic ring is 2. The minimum atomic E-state index is -0.360. The van der Waals surface area contributed by atoms with Crippen LogP contribution in [-0.4, -0.2) is 61.8 Å². The average Bonchev–Trinajstić information content (AvgIpc) is 4.16. The molecule has 382 valence electrons. The van der Waals surface area contributed by atoms with E-state index in [1.54, 1.807) is 13.6 Å². The number of rotatable bonds is 11. The number of hydrogen-bond acceptors (Lipinski definition) is 14. The molecular formula is C58H52Cl2N12O4. The molecule has 76 heavy (non-hydrogen) atoms. The number of hydrogen-bond donors (Lipinski definition) is 2. The molecule has 4 N–H and O–H groups in total. The van der Waals surface area contributed by atoms with Crippen LogP contribution in [0.25, 0.3) is 22.9 Å². The van der Waals surface area contributed by atoms with Gasteiger partial charge >= 0.3 is 0 Å². The predicted octanol–water partition coefficient (Wildman–Crippen LogP) is 9.52. The third-order valence-corrected chi connectivity index (χ3v) is 13.6. The topological polar surface area (TPSA) is 206 Å². The number of aromatic nitrogens is 8. The highest BCUT2D eigenvalue weighted by atomic mass is 35.5. The van der Waals surface area contributed by atoms with Gasteiger partial charge in [-0.3, -0.25) is 23.6 Å². The molecule has 4 aromatic heterocycles. The zero-order valence-corrected chi connectivity index (χ0v) is 42.7. The van der Waals surface area contributed by atoms with Crippen molar-refractivity contribution >= 4 is 35.3 Å². The standard InChI is InChI=1S/C29H26N6O2.C20H19ClN4O.C9H7ClN2O/c30-29-31-24-18-34(19-25-32-27(37-33-25)22-14-8-3-9-15-22)17-16-23(24)28(36)35(29)26(20-10-4-1-5-11-20)21-12-6-2-7-13-21;21-24-12-11-16-17(13-24)23-20(22)25(19(16)26)18(14-7-3-1-4-8-14)15-9-5-2-6-10-15;10-6-8-11-9(13-12-8)7-4-2-1-3-5-7/h1-15,26H,16-19H2,(H2,30,31);1-10,18H,11-13H2,(H2,22,23);1-5H,6H2. The van der Waals surface area contributed by atoms with Gasteiger partial charge in [-0.15, -0.1) is 11.6 Å². The van der Waals surface area contributed by atoms with Crippen LogP contribution in [0.4, 0.5) is 11.9 Å². The summed E-state index contributed by atoms with van der Waals surface area (Å²) >= 11 is 11.6. The van der Waals surface area contributed by atoms with Crippen LogP contribution in [-0.2, 0) is 38.4 Å². The van der Waals surface area contributed by atoms with Gasteiger partial charge in [0.15, 0.2) is 11.6 Å². The number of benzene rings is 6. The normalized spacial score (nSPS) is 13.3. The lowest BCUT2D eigenvalue weighted by Crippen LogP contribution is -2.39. The largest absolute Gasteiger partial charge is 0.369 e. The fourth-order valence-corrected chi connectivity index (χ4v) is 9.75. The first-order chi connectivity index (χ1) is 37.2. The van der Waals surface area contributed by atoms with E-state index in [9.17, 15) is 9.59 Å². The van der Waals surface area contributed by atoms with E-state index in [0.717, 1.165) is 33.4 Å². The molecule has 10 aromatic rings. The van der Waals surface area contributed by atoms with Crippen molar-refractivity contribution in [1.29, 1.82) is 0 Å². The fraction of sp³-hybridized carbons (Fsp3) is 0.172. The first-order valence-corrected chi connectivity index (χ1v) is 25.5. The van der Waals surface area contributed by atoms with Crippen LogP contribution in [0.2, 0.25) is 0 Å². The van der Waals surface area contributed by atoms with E-state index in [4.69, 9.17) is 48.9 Å². The summed E-state index contributed by atoms with van der Waals surface area (Å²) in [6.45, 7) is 2.73. The van der Waals surface area contributed by atoms with Crippen LogP contribution in [0.15, 0.2) is 201 Å². The van der Waals surface area contributed by atoms with Crippen molar-refractivity contribution in [3.05, 3.63) is 259 Å². The lowest BCUT2D eigenvalue weighted by molar-refractivity contribution is 0.230. The van der Waals surface area contributed by atoms with E-state index in [0.29, 0.717) is 91.5 Å². The molecule has 18 heteroatoms. The Bertz CT molecular complexity index is 3550. The molecular weight excluding hydrogens is 1000 g/mol. The SMILES string of the molecule is ClCc1noc(-c2ccccc2)n1.Nc1nc2c(c(=O)n1C(c1ccccc1)c1ccccc1)CCN(Cc1noc(-c3ccccc3)n1)C2.Nc1nc2c(c(=O)n1C(c1ccccc1)c1ccccc1)CCN(Cl)C2. The average molecular weight is 1050 g/mol. The molecule has 0 fully saturated rings. The quantitative estimate of drug-likeness (QED) is 0.0914. The zero-order chi connectivity index (χ0) is 52.4. The summed E-state index contributed by atoms with van der Waals surface area (Å²) in [4.78, 5) is 47.2. The summed E-state index contributed by atoms with van der Waals surface area (Å²) < 4.78 is 15.3. The van der Waals surface area contributed by atoms with Crippen LogP contribution in [0, 0.1) is 0 Å². The number of nitrogens with two attached hydrogens (primary N) is 2. The van der Waals surface area contributed by atoms with Crippen molar-refractivity contribution in [2.45, 2.75) is 50.4 Å². The Balaban J connectivity index is 0.000000145. The molecule has 2 aliphatic rings. The number of halogens is 2. The summed E-state index contributed by atoms with van der Waals surface area (Å²) in [7, 11) is 0. The highest BCUT2D eigenvalue weighted by Crippen LogP contribution is 2.31. The van der Waals surface area contributed by atoms with Crippen LogP contribution in [0.3, 0.4) is 0 Å². The van der Waals surface area contributed by atoms with E-state index in [-0.39, 0.29) is 41.0 Å². The molecule has 0 aliphatic carbocycles. The van der Waals surface area contributed by atoms with Gasteiger partial charge in [0, 0.05) is 41.9 Å². The third-order valence-electron chi connectivity index (χ3n) is 13.1. The molecule has 0 unspecified atom stereocenters. The molecule has 0 amide bonds. The van der Waals surface area contributed by atoms with Gasteiger partial charge in [-0.1, -0.05) is 168 Å². The van der Waals surface area contributed by atoms with Gasteiger partial charge in [0.1, 0.15) is 0 Å². The summed E-state index contributed by atoms with van der Waals surface area (Å²) in [5, 5.41) is 7.84. The van der Waals surface area contributed by atoms with Crippen molar-refractivity contribution in [2.24, 2.45) is 0 Å². The summed E-state index contributed by atoms with van der Waals surface area (Å²) in [6.07, 6.45) is 1.14. The maximum Gasteiger partial charge on any atom is 0.259 e. The Hall–Kier alpha value is -8.54. The van der Waals surface area contributed by atoms with Crippen LogP contribution in [0.5, 0.6) is 0 Å². The highest BCUT2D eigenvalue weighted by Gasteiger charge is 2.29. The van der Waals surface area contributed by atoms with Gasteiger partial charge in [-0.2, -0.15) is 9.97 Å². The lowest BCUT2D eigenvalue weighted by Gasteiger charge is -2.29. The first kappa shape index (κ1) is 51.0. The lowest BCUT2D eigenvalue weighted by atomic mass is 9.97. The molecule has 0 spiro atoms. The molecule has 12 rings (SSSR count). The van der Waals surface area contributed by atoms with Crippen LogP contribution in [0.1, 0.15) is 68.5 Å². The Morgan fingerprint density at radius 2 is 0.855 bits per heavy atom. The third kappa shape index (κ3) is 11.5. The van der Waals surface area contributed by atoms with E-state index in [2.05, 4.69) is 30.2 Å². The van der Waals surface area contributed by atoms with Crippen molar-refractivity contribution in [3.8, 4) is 22.9 Å². The monoisotopic (exact) mass is 1050 g/mol. The highest BCUT2D eigenvalue weighted by molar-refractivity contribution is 6.16. The Labute approximate surface area is 448 Å². The Morgan fingerprint density at radius 1 is 0.487 bits per heavy atom. The maximum atomic E-state index is 13.8.